The van der Waals surface area contributed by atoms with E-state index >= 15 is 0 Å². The predicted octanol–water partition coefficient (Wildman–Crippen LogP) is 4.15. The second-order valence-corrected chi connectivity index (χ2v) is 28.2. The van der Waals surface area contributed by atoms with Crippen molar-refractivity contribution >= 4 is 53.2 Å². The molecule has 0 aliphatic carbocycles. The van der Waals surface area contributed by atoms with Gasteiger partial charge in [0.2, 0.25) is 0 Å². The summed E-state index contributed by atoms with van der Waals surface area (Å²) < 4.78 is 33.7. The zero-order valence-corrected chi connectivity index (χ0v) is 24.3. The molecule has 3 rings (SSSR count). The standard InChI is InChI=1S/C20H34O5Si5/c1-26(2,3)21-28(7)23-29(8,22-27(4,5)6)25-30(24-28,19-15-11-9-12-16-19)20-17-13-10-14-18-20/h9-18H,1-8H3. The quantitative estimate of drug-likeness (QED) is 0.565. The fourth-order valence-electron chi connectivity index (χ4n) is 3.83. The Labute approximate surface area is 186 Å². The first-order chi connectivity index (χ1) is 13.7. The van der Waals surface area contributed by atoms with Crippen molar-refractivity contribution in [3.05, 3.63) is 60.7 Å². The summed E-state index contributed by atoms with van der Waals surface area (Å²) >= 11 is 0. The molecule has 0 bridgehead atoms. The zero-order valence-electron chi connectivity index (χ0n) is 19.3. The summed E-state index contributed by atoms with van der Waals surface area (Å²) in [6.07, 6.45) is 0. The van der Waals surface area contributed by atoms with Gasteiger partial charge in [0.25, 0.3) is 0 Å². The van der Waals surface area contributed by atoms with E-state index in [1.807, 2.05) is 49.5 Å². The molecule has 5 nitrogen and oxygen atoms in total. The highest BCUT2D eigenvalue weighted by Gasteiger charge is 2.65. The third-order valence-electron chi connectivity index (χ3n) is 4.32. The van der Waals surface area contributed by atoms with Gasteiger partial charge in [-0.2, -0.15) is 0 Å². The molecule has 1 aliphatic heterocycles. The van der Waals surface area contributed by atoms with Gasteiger partial charge < -0.3 is 20.6 Å². The summed E-state index contributed by atoms with van der Waals surface area (Å²) in [4.78, 5) is 0. The van der Waals surface area contributed by atoms with Gasteiger partial charge in [-0.15, -0.1) is 0 Å². The van der Waals surface area contributed by atoms with Gasteiger partial charge in [-0.3, -0.25) is 0 Å². The summed E-state index contributed by atoms with van der Waals surface area (Å²) in [5.41, 5.74) is 0. The lowest BCUT2D eigenvalue weighted by molar-refractivity contribution is 0.131. The molecule has 30 heavy (non-hydrogen) atoms. The lowest BCUT2D eigenvalue weighted by Gasteiger charge is -2.51. The van der Waals surface area contributed by atoms with Crippen molar-refractivity contribution in [2.24, 2.45) is 0 Å². The summed E-state index contributed by atoms with van der Waals surface area (Å²) in [6.45, 7) is 17.0. The first-order valence-corrected chi connectivity index (χ1v) is 23.4. The SMILES string of the molecule is C[Si](C)(C)O[Si]1(C)O[Si](C)(O[Si](C)(C)C)O[Si](c2ccccc2)(c2ccccc2)O1. The Morgan fingerprint density at radius 3 is 1.20 bits per heavy atom. The second kappa shape index (κ2) is 8.35. The van der Waals surface area contributed by atoms with Crippen LogP contribution in [0.15, 0.2) is 60.7 Å². The van der Waals surface area contributed by atoms with Gasteiger partial charge in [-0.1, -0.05) is 60.7 Å². The largest absolute Gasteiger partial charge is 0.471 e. The highest BCUT2D eigenvalue weighted by atomic mass is 28.6. The first kappa shape index (κ1) is 24.0. The van der Waals surface area contributed by atoms with Crippen LogP contribution in [0.25, 0.3) is 0 Å². The molecule has 2 atom stereocenters. The minimum atomic E-state index is -3.11. The summed E-state index contributed by atoms with van der Waals surface area (Å²) in [5.74, 6) is 0. The molecule has 2 aromatic carbocycles. The average Bonchev–Trinajstić information content (AvgIpc) is 2.58. The van der Waals surface area contributed by atoms with E-state index in [1.165, 1.54) is 0 Å². The van der Waals surface area contributed by atoms with E-state index in [4.69, 9.17) is 20.6 Å². The molecule has 0 amide bonds. The van der Waals surface area contributed by atoms with Crippen molar-refractivity contribution in [1.82, 2.24) is 0 Å². The maximum atomic E-state index is 6.94. The normalized spacial score (nSPS) is 27.1. The third kappa shape index (κ3) is 5.76. The number of rotatable bonds is 6. The zero-order chi connectivity index (χ0) is 22.3. The van der Waals surface area contributed by atoms with E-state index in [0.717, 1.165) is 10.4 Å². The molecule has 1 fully saturated rings. The van der Waals surface area contributed by atoms with Crippen LogP contribution in [0, 0.1) is 0 Å². The Kier molecular flexibility index (Phi) is 6.67. The van der Waals surface area contributed by atoms with Gasteiger partial charge in [0.15, 0.2) is 16.6 Å². The van der Waals surface area contributed by atoms with Crippen molar-refractivity contribution < 1.29 is 20.6 Å². The van der Waals surface area contributed by atoms with Crippen molar-refractivity contribution in [3.63, 3.8) is 0 Å². The van der Waals surface area contributed by atoms with Gasteiger partial charge in [0.05, 0.1) is 0 Å². The molecule has 0 spiro atoms. The molecule has 1 heterocycles. The van der Waals surface area contributed by atoms with Crippen LogP contribution in [0.2, 0.25) is 52.4 Å². The van der Waals surface area contributed by atoms with Gasteiger partial charge in [-0.05, 0) is 49.7 Å². The smallest absolute Gasteiger partial charge is 0.417 e. The Morgan fingerprint density at radius 2 is 0.900 bits per heavy atom. The summed E-state index contributed by atoms with van der Waals surface area (Å²) in [7, 11) is -13.1. The molecule has 2 unspecified atom stereocenters. The van der Waals surface area contributed by atoms with E-state index in [0.29, 0.717) is 0 Å². The second-order valence-electron chi connectivity index (χ2n) is 9.81. The number of hydrogen-bond acceptors (Lipinski definition) is 5. The van der Waals surface area contributed by atoms with Gasteiger partial charge in [0.1, 0.15) is 0 Å². The van der Waals surface area contributed by atoms with Crippen LogP contribution >= 0.6 is 0 Å². The minimum absolute atomic E-state index is 1.05. The van der Waals surface area contributed by atoms with Crippen LogP contribution in [0.3, 0.4) is 0 Å². The maximum absolute atomic E-state index is 6.94. The lowest BCUT2D eigenvalue weighted by atomic mass is 10.4. The third-order valence-corrected chi connectivity index (χ3v) is 22.6. The summed E-state index contributed by atoms with van der Waals surface area (Å²) in [5, 5.41) is 2.10. The lowest BCUT2D eigenvalue weighted by Crippen LogP contribution is -2.80. The molecule has 0 saturated carbocycles. The van der Waals surface area contributed by atoms with Crippen molar-refractivity contribution in [3.8, 4) is 0 Å². The molecule has 1 saturated heterocycles. The highest BCUT2D eigenvalue weighted by molar-refractivity contribution is 7.05. The summed E-state index contributed by atoms with van der Waals surface area (Å²) in [6, 6.07) is 20.5. The van der Waals surface area contributed by atoms with Crippen LogP contribution < -0.4 is 10.4 Å². The predicted molar refractivity (Wildman–Crippen MR) is 133 cm³/mol. The Hall–Kier alpha value is -0.676. The maximum Gasteiger partial charge on any atom is 0.471 e. The monoisotopic (exact) mass is 494 g/mol. The van der Waals surface area contributed by atoms with Gasteiger partial charge in [0, 0.05) is 13.1 Å². The van der Waals surface area contributed by atoms with Crippen molar-refractivity contribution in [2.45, 2.75) is 52.4 Å². The molecule has 2 aromatic rings. The molecular formula is C20H34O5Si5. The van der Waals surface area contributed by atoms with Crippen molar-refractivity contribution in [2.75, 3.05) is 0 Å². The molecule has 164 valence electrons. The van der Waals surface area contributed by atoms with Gasteiger partial charge >= 0.3 is 26.2 Å². The van der Waals surface area contributed by atoms with Crippen LogP contribution in [-0.2, 0) is 20.6 Å². The molecule has 1 aliphatic rings. The topological polar surface area (TPSA) is 46.2 Å². The average molecular weight is 495 g/mol. The number of benzene rings is 2. The van der Waals surface area contributed by atoms with Gasteiger partial charge in [-0.25, -0.2) is 0 Å². The Balaban J connectivity index is 2.21. The molecule has 10 heteroatoms. The fourth-order valence-corrected chi connectivity index (χ4v) is 26.9. The molecule has 0 radical (unpaired) electrons. The van der Waals surface area contributed by atoms with Crippen LogP contribution in [-0.4, -0.2) is 42.8 Å². The highest BCUT2D eigenvalue weighted by Crippen LogP contribution is 2.35. The van der Waals surface area contributed by atoms with E-state index in [1.54, 1.807) is 0 Å². The molecular weight excluding hydrogens is 461 g/mol. The van der Waals surface area contributed by atoms with E-state index < -0.39 is 42.8 Å². The van der Waals surface area contributed by atoms with E-state index in [2.05, 4.69) is 63.5 Å². The first-order valence-electron chi connectivity index (χ1n) is 10.4. The van der Waals surface area contributed by atoms with E-state index in [9.17, 15) is 0 Å². The molecule has 0 N–H and O–H groups in total. The van der Waals surface area contributed by atoms with Crippen molar-refractivity contribution in [1.29, 1.82) is 0 Å². The van der Waals surface area contributed by atoms with Crippen LogP contribution in [0.5, 0.6) is 0 Å². The molecule has 0 aromatic heterocycles. The Bertz CT molecular complexity index is 784. The minimum Gasteiger partial charge on any atom is -0.417 e. The van der Waals surface area contributed by atoms with E-state index in [-0.39, 0.29) is 0 Å². The van der Waals surface area contributed by atoms with Crippen LogP contribution in [0.4, 0.5) is 0 Å². The number of hydrogen-bond donors (Lipinski definition) is 0. The Morgan fingerprint density at radius 1 is 0.567 bits per heavy atom. The van der Waals surface area contributed by atoms with Crippen LogP contribution in [0.1, 0.15) is 0 Å². The fraction of sp³-hybridized carbons (Fsp3) is 0.400.